The normalized spacial score (nSPS) is 21.6. The third-order valence-corrected chi connectivity index (χ3v) is 4.37. The first kappa shape index (κ1) is 13.9. The van der Waals surface area contributed by atoms with Crippen LogP contribution in [-0.2, 0) is 4.79 Å². The number of benzene rings is 1. The van der Waals surface area contributed by atoms with Gasteiger partial charge in [-0.15, -0.1) is 0 Å². The van der Waals surface area contributed by atoms with Crippen molar-refractivity contribution < 1.29 is 9.59 Å². The molecule has 0 radical (unpaired) electrons. The molecular weight excluding hydrogens is 266 g/mol. The molecule has 3 rings (SSSR count). The van der Waals surface area contributed by atoms with E-state index in [9.17, 15) is 9.59 Å². The van der Waals surface area contributed by atoms with Crippen LogP contribution in [-0.4, -0.2) is 18.0 Å². The Bertz CT molecular complexity index is 565. The van der Waals surface area contributed by atoms with Crippen LogP contribution in [0.15, 0.2) is 18.2 Å². The Labute approximate surface area is 124 Å². The molecule has 1 aromatic rings. The van der Waals surface area contributed by atoms with E-state index in [0.717, 1.165) is 29.8 Å². The van der Waals surface area contributed by atoms with Crippen LogP contribution in [0.5, 0.6) is 0 Å². The highest BCUT2D eigenvalue weighted by atomic mass is 16.2. The van der Waals surface area contributed by atoms with Crippen LogP contribution in [0, 0.1) is 0 Å². The Morgan fingerprint density at radius 1 is 1.24 bits per heavy atom. The number of hydrogen-bond donors (Lipinski definition) is 3. The summed E-state index contributed by atoms with van der Waals surface area (Å²) in [5.41, 5.74) is 2.51. The van der Waals surface area contributed by atoms with E-state index < -0.39 is 0 Å². The van der Waals surface area contributed by atoms with Gasteiger partial charge in [-0.05, 0) is 43.5 Å². The highest BCUT2D eigenvalue weighted by molar-refractivity contribution is 6.03. The van der Waals surface area contributed by atoms with Crippen molar-refractivity contribution in [3.63, 3.8) is 0 Å². The molecule has 112 valence electrons. The van der Waals surface area contributed by atoms with Gasteiger partial charge in [0.1, 0.15) is 0 Å². The number of hydrogen-bond acceptors (Lipinski definition) is 2. The van der Waals surface area contributed by atoms with Gasteiger partial charge >= 0.3 is 6.03 Å². The lowest BCUT2D eigenvalue weighted by atomic mass is 9.96. The van der Waals surface area contributed by atoms with Gasteiger partial charge in [0.15, 0.2) is 0 Å². The number of amides is 3. The van der Waals surface area contributed by atoms with Crippen molar-refractivity contribution in [2.45, 2.75) is 51.0 Å². The van der Waals surface area contributed by atoms with E-state index in [2.05, 4.69) is 16.0 Å². The van der Waals surface area contributed by atoms with Crippen molar-refractivity contribution in [1.29, 1.82) is 0 Å². The summed E-state index contributed by atoms with van der Waals surface area (Å²) in [5, 5.41) is 8.71. The van der Waals surface area contributed by atoms with Crippen molar-refractivity contribution in [3.05, 3.63) is 23.8 Å². The van der Waals surface area contributed by atoms with Gasteiger partial charge in [-0.2, -0.15) is 0 Å². The Kier molecular flexibility index (Phi) is 3.82. The molecule has 3 amide bonds. The number of carbonyl (C=O) groups excluding carboxylic acids is 2. The van der Waals surface area contributed by atoms with Gasteiger partial charge in [0.25, 0.3) is 0 Å². The molecule has 0 saturated heterocycles. The summed E-state index contributed by atoms with van der Waals surface area (Å²) >= 11 is 0. The molecule has 21 heavy (non-hydrogen) atoms. The first-order valence-electron chi connectivity index (χ1n) is 7.66. The molecule has 1 aromatic carbocycles. The average molecular weight is 287 g/mol. The van der Waals surface area contributed by atoms with Crippen molar-refractivity contribution in [2.75, 3.05) is 10.6 Å². The lowest BCUT2D eigenvalue weighted by Gasteiger charge is -2.23. The Hall–Kier alpha value is -2.04. The zero-order valence-corrected chi connectivity index (χ0v) is 12.2. The first-order valence-corrected chi connectivity index (χ1v) is 7.66. The van der Waals surface area contributed by atoms with E-state index in [0.29, 0.717) is 0 Å². The molecule has 5 nitrogen and oxygen atoms in total. The second-order valence-electron chi connectivity index (χ2n) is 5.95. The van der Waals surface area contributed by atoms with Crippen molar-refractivity contribution in [1.82, 2.24) is 5.32 Å². The molecule has 1 heterocycles. The summed E-state index contributed by atoms with van der Waals surface area (Å²) in [6.07, 6.45) is 5.77. The number of rotatable bonds is 2. The first-order chi connectivity index (χ1) is 10.1. The van der Waals surface area contributed by atoms with Crippen LogP contribution >= 0.6 is 0 Å². The van der Waals surface area contributed by atoms with E-state index in [-0.39, 0.29) is 23.9 Å². The predicted octanol–water partition coefficient (Wildman–Crippen LogP) is 3.20. The lowest BCUT2D eigenvalue weighted by Crippen LogP contribution is -2.39. The average Bonchev–Trinajstić information content (AvgIpc) is 2.75. The smallest absolute Gasteiger partial charge is 0.319 e. The maximum absolute atomic E-state index is 12.0. The van der Waals surface area contributed by atoms with Crippen LogP contribution in [0.1, 0.15) is 50.5 Å². The van der Waals surface area contributed by atoms with E-state index >= 15 is 0 Å². The number of urea groups is 1. The fourth-order valence-corrected chi connectivity index (χ4v) is 3.09. The molecule has 1 atom stereocenters. The highest BCUT2D eigenvalue weighted by Crippen LogP contribution is 2.33. The second kappa shape index (κ2) is 5.76. The minimum absolute atomic E-state index is 0.00815. The van der Waals surface area contributed by atoms with Gasteiger partial charge in [0, 0.05) is 17.4 Å². The standard InChI is InChI=1S/C16H21N3O2/c1-10-13-9-12(7-8-14(13)19-15(10)20)18-16(21)17-11-5-3-2-4-6-11/h7-11H,2-6H2,1H3,(H,19,20)(H2,17,18,21). The van der Waals surface area contributed by atoms with Gasteiger partial charge in [0.05, 0.1) is 5.92 Å². The van der Waals surface area contributed by atoms with Gasteiger partial charge in [0.2, 0.25) is 5.91 Å². The van der Waals surface area contributed by atoms with Crippen LogP contribution in [0.4, 0.5) is 16.2 Å². The Morgan fingerprint density at radius 2 is 2.00 bits per heavy atom. The highest BCUT2D eigenvalue weighted by Gasteiger charge is 2.26. The summed E-state index contributed by atoms with van der Waals surface area (Å²) in [5.74, 6) is -0.156. The molecular formula is C16H21N3O2. The molecule has 1 fully saturated rings. The van der Waals surface area contributed by atoms with Gasteiger partial charge in [-0.25, -0.2) is 4.79 Å². The molecule has 0 aromatic heterocycles. The molecule has 1 aliphatic carbocycles. The molecule has 3 N–H and O–H groups in total. The fourth-order valence-electron chi connectivity index (χ4n) is 3.09. The van der Waals surface area contributed by atoms with Crippen LogP contribution < -0.4 is 16.0 Å². The number of carbonyl (C=O) groups is 2. The monoisotopic (exact) mass is 287 g/mol. The molecule has 1 aliphatic heterocycles. The molecule has 0 bridgehead atoms. The number of nitrogens with one attached hydrogen (secondary N) is 3. The van der Waals surface area contributed by atoms with Crippen LogP contribution in [0.25, 0.3) is 0 Å². The minimum atomic E-state index is -0.164. The van der Waals surface area contributed by atoms with E-state index in [1.807, 2.05) is 25.1 Å². The zero-order chi connectivity index (χ0) is 14.8. The summed E-state index contributed by atoms with van der Waals surface area (Å²) in [6.45, 7) is 1.87. The van der Waals surface area contributed by atoms with Crippen LogP contribution in [0.3, 0.4) is 0 Å². The lowest BCUT2D eigenvalue weighted by molar-refractivity contribution is -0.116. The van der Waals surface area contributed by atoms with E-state index in [1.54, 1.807) is 0 Å². The summed E-state index contributed by atoms with van der Waals surface area (Å²) in [6, 6.07) is 5.66. The van der Waals surface area contributed by atoms with Gasteiger partial charge in [-0.3, -0.25) is 4.79 Å². The summed E-state index contributed by atoms with van der Waals surface area (Å²) in [4.78, 5) is 23.6. The van der Waals surface area contributed by atoms with Crippen LogP contribution in [0.2, 0.25) is 0 Å². The SMILES string of the molecule is CC1C(=O)Nc2ccc(NC(=O)NC3CCCCC3)cc21. The molecule has 5 heteroatoms. The van der Waals surface area contributed by atoms with Crippen molar-refractivity contribution >= 4 is 23.3 Å². The summed E-state index contributed by atoms with van der Waals surface area (Å²) in [7, 11) is 0. The Balaban J connectivity index is 1.63. The topological polar surface area (TPSA) is 70.2 Å². The molecule has 0 spiro atoms. The number of anilines is 2. The maximum Gasteiger partial charge on any atom is 0.319 e. The van der Waals surface area contributed by atoms with E-state index in [4.69, 9.17) is 0 Å². The van der Waals surface area contributed by atoms with E-state index in [1.165, 1.54) is 19.3 Å². The number of fused-ring (bicyclic) bond motifs is 1. The largest absolute Gasteiger partial charge is 0.335 e. The fraction of sp³-hybridized carbons (Fsp3) is 0.500. The maximum atomic E-state index is 12.0. The zero-order valence-electron chi connectivity index (χ0n) is 12.2. The molecule has 1 saturated carbocycles. The predicted molar refractivity (Wildman–Crippen MR) is 82.5 cm³/mol. The van der Waals surface area contributed by atoms with Crippen molar-refractivity contribution in [2.24, 2.45) is 0 Å². The Morgan fingerprint density at radius 3 is 2.76 bits per heavy atom. The quantitative estimate of drug-likeness (QED) is 0.781. The summed E-state index contributed by atoms with van der Waals surface area (Å²) < 4.78 is 0. The van der Waals surface area contributed by atoms with Gasteiger partial charge in [-0.1, -0.05) is 19.3 Å². The molecule has 2 aliphatic rings. The second-order valence-corrected chi connectivity index (χ2v) is 5.95. The molecule has 1 unspecified atom stereocenters. The third kappa shape index (κ3) is 3.01. The van der Waals surface area contributed by atoms with Gasteiger partial charge < -0.3 is 16.0 Å². The minimum Gasteiger partial charge on any atom is -0.335 e. The third-order valence-electron chi connectivity index (χ3n) is 4.37. The van der Waals surface area contributed by atoms with Crippen molar-refractivity contribution in [3.8, 4) is 0 Å².